The van der Waals surface area contributed by atoms with Gasteiger partial charge >= 0.3 is 6.18 Å². The van der Waals surface area contributed by atoms with E-state index in [0.717, 1.165) is 5.56 Å². The molecule has 92 valence electrons. The van der Waals surface area contributed by atoms with Crippen molar-refractivity contribution in [3.63, 3.8) is 0 Å². The van der Waals surface area contributed by atoms with Gasteiger partial charge in [-0.25, -0.2) is 0 Å². The number of benzene rings is 1. The Kier molecular flexibility index (Phi) is 3.16. The van der Waals surface area contributed by atoms with Gasteiger partial charge in [-0.1, -0.05) is 15.9 Å². The quantitative estimate of drug-likeness (QED) is 0.785. The second-order valence-corrected chi connectivity index (χ2v) is 4.86. The van der Waals surface area contributed by atoms with E-state index < -0.39 is 12.8 Å². The third-order valence-corrected chi connectivity index (χ3v) is 3.17. The van der Waals surface area contributed by atoms with Crippen LogP contribution in [-0.4, -0.2) is 23.4 Å². The molecule has 0 saturated carbocycles. The van der Waals surface area contributed by atoms with Gasteiger partial charge in [0.1, 0.15) is 5.75 Å². The highest BCUT2D eigenvalue weighted by Gasteiger charge is 2.30. The van der Waals surface area contributed by atoms with E-state index in [1.54, 1.807) is 0 Å². The van der Waals surface area contributed by atoms with Crippen LogP contribution in [0.15, 0.2) is 18.2 Å². The highest BCUT2D eigenvalue weighted by molar-refractivity contribution is 9.10. The van der Waals surface area contributed by atoms with Crippen LogP contribution in [0.4, 0.5) is 13.2 Å². The maximum atomic E-state index is 12.0. The number of ketones is 1. The summed E-state index contributed by atoms with van der Waals surface area (Å²) in [6.45, 7) is -1.32. The van der Waals surface area contributed by atoms with E-state index in [4.69, 9.17) is 0 Å². The zero-order valence-corrected chi connectivity index (χ0v) is 10.1. The van der Waals surface area contributed by atoms with E-state index in [9.17, 15) is 18.0 Å². The van der Waals surface area contributed by atoms with Gasteiger partial charge in [-0.15, -0.1) is 0 Å². The minimum atomic E-state index is -4.35. The third kappa shape index (κ3) is 2.80. The minimum absolute atomic E-state index is 0.0395. The standard InChI is InChI=1S/C11H8BrF3O2/c12-9-4-6-3-7(17-5-11(13,14)15)1-2-8(6)10(9)16/h1-3,9H,4-5H2. The largest absolute Gasteiger partial charge is 0.484 e. The summed E-state index contributed by atoms with van der Waals surface area (Å²) in [6, 6.07) is 4.37. The van der Waals surface area contributed by atoms with Gasteiger partial charge in [0.25, 0.3) is 0 Å². The molecule has 1 aliphatic rings. The molecule has 0 amide bonds. The van der Waals surface area contributed by atoms with Crippen LogP contribution in [0.25, 0.3) is 0 Å². The van der Waals surface area contributed by atoms with Crippen molar-refractivity contribution in [2.75, 3.05) is 6.61 Å². The van der Waals surface area contributed by atoms with E-state index in [2.05, 4.69) is 20.7 Å². The smallest absolute Gasteiger partial charge is 0.422 e. The van der Waals surface area contributed by atoms with E-state index >= 15 is 0 Å². The summed E-state index contributed by atoms with van der Waals surface area (Å²) in [6.07, 6.45) is -3.87. The summed E-state index contributed by atoms with van der Waals surface area (Å²) in [5.74, 6) is 0.0952. The Labute approximate surface area is 104 Å². The van der Waals surface area contributed by atoms with Gasteiger partial charge in [-0.3, -0.25) is 4.79 Å². The van der Waals surface area contributed by atoms with Crippen molar-refractivity contribution in [2.45, 2.75) is 17.4 Å². The van der Waals surface area contributed by atoms with E-state index in [-0.39, 0.29) is 16.4 Å². The summed E-state index contributed by atoms with van der Waals surface area (Å²) in [4.78, 5) is 11.3. The monoisotopic (exact) mass is 308 g/mol. The highest BCUT2D eigenvalue weighted by Crippen LogP contribution is 2.30. The first kappa shape index (κ1) is 12.4. The lowest BCUT2D eigenvalue weighted by Gasteiger charge is -2.09. The Bertz CT molecular complexity index is 457. The molecule has 0 bridgehead atoms. The van der Waals surface area contributed by atoms with Crippen LogP contribution in [0.3, 0.4) is 0 Å². The number of alkyl halides is 4. The topological polar surface area (TPSA) is 26.3 Å². The maximum Gasteiger partial charge on any atom is 0.422 e. The van der Waals surface area contributed by atoms with Crippen molar-refractivity contribution in [2.24, 2.45) is 0 Å². The summed E-state index contributed by atoms with van der Waals surface area (Å²) in [7, 11) is 0. The first-order valence-corrected chi connectivity index (χ1v) is 5.79. The molecule has 0 saturated heterocycles. The van der Waals surface area contributed by atoms with Crippen LogP contribution in [0, 0.1) is 0 Å². The van der Waals surface area contributed by atoms with Gasteiger partial charge in [0, 0.05) is 5.56 Å². The van der Waals surface area contributed by atoms with Crippen LogP contribution in [0.5, 0.6) is 5.75 Å². The molecule has 1 aromatic carbocycles. The number of fused-ring (bicyclic) bond motifs is 1. The SMILES string of the molecule is O=C1c2ccc(OCC(F)(F)F)cc2CC1Br. The van der Waals surface area contributed by atoms with Crippen molar-refractivity contribution in [3.8, 4) is 5.75 Å². The number of ether oxygens (including phenoxy) is 1. The lowest BCUT2D eigenvalue weighted by atomic mass is 10.1. The van der Waals surface area contributed by atoms with E-state index in [1.807, 2.05) is 0 Å². The number of Topliss-reactive ketones (excluding diaryl/α,β-unsaturated/α-hetero) is 1. The molecule has 6 heteroatoms. The van der Waals surface area contributed by atoms with E-state index in [1.165, 1.54) is 18.2 Å². The molecule has 0 aromatic heterocycles. The fourth-order valence-electron chi connectivity index (χ4n) is 1.69. The molecule has 2 nitrogen and oxygen atoms in total. The molecule has 0 fully saturated rings. The summed E-state index contributed by atoms with van der Waals surface area (Å²) in [5.41, 5.74) is 1.27. The van der Waals surface area contributed by atoms with Crippen molar-refractivity contribution >= 4 is 21.7 Å². The minimum Gasteiger partial charge on any atom is -0.484 e. The van der Waals surface area contributed by atoms with E-state index in [0.29, 0.717) is 12.0 Å². The molecule has 0 heterocycles. The fraction of sp³-hybridized carbons (Fsp3) is 0.364. The molecule has 1 atom stereocenters. The Morgan fingerprint density at radius 2 is 2.12 bits per heavy atom. The first-order valence-electron chi connectivity index (χ1n) is 4.87. The molecule has 17 heavy (non-hydrogen) atoms. The highest BCUT2D eigenvalue weighted by atomic mass is 79.9. The van der Waals surface area contributed by atoms with Crippen molar-refractivity contribution in [1.29, 1.82) is 0 Å². The van der Waals surface area contributed by atoms with Gasteiger partial charge in [0.2, 0.25) is 0 Å². The van der Waals surface area contributed by atoms with Crippen LogP contribution >= 0.6 is 15.9 Å². The van der Waals surface area contributed by atoms with Gasteiger partial charge in [0.05, 0.1) is 4.83 Å². The molecular formula is C11H8BrF3O2. The van der Waals surface area contributed by atoms with Gasteiger partial charge in [-0.05, 0) is 30.2 Å². The Hall–Kier alpha value is -1.04. The Balaban J connectivity index is 2.14. The van der Waals surface area contributed by atoms with Crippen molar-refractivity contribution in [1.82, 2.24) is 0 Å². The van der Waals surface area contributed by atoms with Gasteiger partial charge < -0.3 is 4.74 Å². The number of halogens is 4. The molecule has 2 rings (SSSR count). The predicted molar refractivity (Wildman–Crippen MR) is 58.7 cm³/mol. The summed E-state index contributed by atoms with van der Waals surface area (Å²) < 4.78 is 40.5. The number of rotatable bonds is 2. The zero-order valence-electron chi connectivity index (χ0n) is 8.55. The lowest BCUT2D eigenvalue weighted by Crippen LogP contribution is -2.19. The normalized spacial score (nSPS) is 19.3. The Morgan fingerprint density at radius 3 is 2.76 bits per heavy atom. The number of hydrogen-bond acceptors (Lipinski definition) is 2. The second kappa shape index (κ2) is 4.33. The molecule has 0 N–H and O–H groups in total. The zero-order chi connectivity index (χ0) is 12.6. The van der Waals surface area contributed by atoms with Gasteiger partial charge in [0.15, 0.2) is 12.4 Å². The number of hydrogen-bond donors (Lipinski definition) is 0. The van der Waals surface area contributed by atoms with Crippen LogP contribution in [-0.2, 0) is 6.42 Å². The molecule has 1 unspecified atom stereocenters. The molecule has 1 aliphatic carbocycles. The molecule has 0 aliphatic heterocycles. The molecule has 0 radical (unpaired) electrons. The fourth-order valence-corrected chi connectivity index (χ4v) is 2.28. The van der Waals surface area contributed by atoms with Crippen LogP contribution in [0.1, 0.15) is 15.9 Å². The first-order chi connectivity index (χ1) is 7.87. The van der Waals surface area contributed by atoms with Gasteiger partial charge in [-0.2, -0.15) is 13.2 Å². The van der Waals surface area contributed by atoms with Crippen molar-refractivity contribution < 1.29 is 22.7 Å². The second-order valence-electron chi connectivity index (χ2n) is 3.76. The number of carbonyl (C=O) groups excluding carboxylic acids is 1. The summed E-state index contributed by atoms with van der Waals surface area (Å²) in [5, 5.41) is 0. The average Bonchev–Trinajstić information content (AvgIpc) is 2.51. The maximum absolute atomic E-state index is 12.0. The molecule has 1 aromatic rings. The number of carbonyl (C=O) groups is 1. The molecule has 0 spiro atoms. The summed E-state index contributed by atoms with van der Waals surface area (Å²) >= 11 is 3.21. The van der Waals surface area contributed by atoms with Crippen LogP contribution < -0.4 is 4.74 Å². The predicted octanol–water partition coefficient (Wildman–Crippen LogP) is 3.13. The lowest BCUT2D eigenvalue weighted by molar-refractivity contribution is -0.153. The Morgan fingerprint density at radius 1 is 1.41 bits per heavy atom. The van der Waals surface area contributed by atoms with Crippen LogP contribution in [0.2, 0.25) is 0 Å². The molecular weight excluding hydrogens is 301 g/mol. The third-order valence-electron chi connectivity index (χ3n) is 2.43. The van der Waals surface area contributed by atoms with Crippen molar-refractivity contribution in [3.05, 3.63) is 29.3 Å². The average molecular weight is 309 g/mol.